The topological polar surface area (TPSA) is 85.4 Å². The molecule has 2 aromatic carbocycles. The second kappa shape index (κ2) is 10.9. The third-order valence-electron chi connectivity index (χ3n) is 4.09. The average molecular weight is 392 g/mol. The van der Waals surface area contributed by atoms with E-state index in [1.54, 1.807) is 7.11 Å². The third kappa shape index (κ3) is 6.67. The fourth-order valence-corrected chi connectivity index (χ4v) is 2.56. The SMILES string of the molecule is COCCCNCc1ccc(NC(=O)c2cnc(Oc3ccccc3)nc2)cc1. The van der Waals surface area contributed by atoms with Crippen molar-refractivity contribution in [1.82, 2.24) is 15.3 Å². The van der Waals surface area contributed by atoms with Crippen LogP contribution in [-0.2, 0) is 11.3 Å². The van der Waals surface area contributed by atoms with Gasteiger partial charge in [0.2, 0.25) is 0 Å². The molecule has 1 aromatic heterocycles. The summed E-state index contributed by atoms with van der Waals surface area (Å²) in [4.78, 5) is 20.6. The lowest BCUT2D eigenvalue weighted by Crippen LogP contribution is -2.16. The second-order valence-electron chi connectivity index (χ2n) is 6.34. The number of amides is 1. The highest BCUT2D eigenvalue weighted by atomic mass is 16.5. The van der Waals surface area contributed by atoms with Gasteiger partial charge < -0.3 is 20.1 Å². The van der Waals surface area contributed by atoms with Gasteiger partial charge in [0.15, 0.2) is 0 Å². The van der Waals surface area contributed by atoms with Crippen molar-refractivity contribution in [3.63, 3.8) is 0 Å². The molecule has 0 saturated carbocycles. The van der Waals surface area contributed by atoms with E-state index in [0.29, 0.717) is 17.0 Å². The number of carbonyl (C=O) groups excluding carboxylic acids is 1. The van der Waals surface area contributed by atoms with Gasteiger partial charge in [-0.25, -0.2) is 9.97 Å². The second-order valence-corrected chi connectivity index (χ2v) is 6.34. The molecule has 0 saturated heterocycles. The van der Waals surface area contributed by atoms with Crippen LogP contribution in [0, 0.1) is 0 Å². The van der Waals surface area contributed by atoms with Crippen molar-refractivity contribution in [3.05, 3.63) is 78.1 Å². The smallest absolute Gasteiger partial charge is 0.321 e. The Labute approximate surface area is 170 Å². The summed E-state index contributed by atoms with van der Waals surface area (Å²) in [6.45, 7) is 2.42. The molecule has 0 bridgehead atoms. The van der Waals surface area contributed by atoms with E-state index in [9.17, 15) is 4.79 Å². The van der Waals surface area contributed by atoms with Gasteiger partial charge in [-0.3, -0.25) is 4.79 Å². The molecule has 29 heavy (non-hydrogen) atoms. The fourth-order valence-electron chi connectivity index (χ4n) is 2.56. The van der Waals surface area contributed by atoms with E-state index in [-0.39, 0.29) is 11.9 Å². The van der Waals surface area contributed by atoms with Crippen molar-refractivity contribution < 1.29 is 14.3 Å². The Morgan fingerprint density at radius 2 is 1.72 bits per heavy atom. The highest BCUT2D eigenvalue weighted by Crippen LogP contribution is 2.17. The maximum absolute atomic E-state index is 12.4. The molecular weight excluding hydrogens is 368 g/mol. The Hall–Kier alpha value is -3.29. The Balaban J connectivity index is 1.49. The van der Waals surface area contributed by atoms with Gasteiger partial charge in [-0.15, -0.1) is 0 Å². The lowest BCUT2D eigenvalue weighted by molar-refractivity contribution is 0.102. The number of nitrogens with zero attached hydrogens (tertiary/aromatic N) is 2. The van der Waals surface area contributed by atoms with Gasteiger partial charge in [0.1, 0.15) is 5.75 Å². The zero-order valence-electron chi connectivity index (χ0n) is 16.3. The molecule has 1 heterocycles. The number of ether oxygens (including phenoxy) is 2. The minimum atomic E-state index is -0.276. The van der Waals surface area contributed by atoms with Crippen molar-refractivity contribution in [1.29, 1.82) is 0 Å². The van der Waals surface area contributed by atoms with E-state index < -0.39 is 0 Å². The molecule has 0 unspecified atom stereocenters. The minimum absolute atomic E-state index is 0.190. The molecule has 0 spiro atoms. The molecule has 3 rings (SSSR count). The van der Waals surface area contributed by atoms with Gasteiger partial charge >= 0.3 is 6.01 Å². The van der Waals surface area contributed by atoms with Crippen LogP contribution in [0.25, 0.3) is 0 Å². The molecule has 0 atom stereocenters. The van der Waals surface area contributed by atoms with Crippen molar-refractivity contribution >= 4 is 11.6 Å². The van der Waals surface area contributed by atoms with Crippen LogP contribution in [0.3, 0.4) is 0 Å². The van der Waals surface area contributed by atoms with E-state index in [2.05, 4.69) is 20.6 Å². The van der Waals surface area contributed by atoms with Crippen LogP contribution >= 0.6 is 0 Å². The van der Waals surface area contributed by atoms with Crippen LogP contribution in [0.1, 0.15) is 22.3 Å². The van der Waals surface area contributed by atoms with E-state index in [1.165, 1.54) is 12.4 Å². The maximum Gasteiger partial charge on any atom is 0.321 e. The molecule has 150 valence electrons. The Kier molecular flexibility index (Phi) is 7.68. The molecular formula is C22H24N4O3. The Morgan fingerprint density at radius 3 is 2.41 bits per heavy atom. The number of hydrogen-bond donors (Lipinski definition) is 2. The predicted octanol–water partition coefficient (Wildman–Crippen LogP) is 3.65. The Morgan fingerprint density at radius 1 is 1.00 bits per heavy atom. The number of benzene rings is 2. The van der Waals surface area contributed by atoms with Gasteiger partial charge in [0, 0.05) is 38.3 Å². The van der Waals surface area contributed by atoms with Gasteiger partial charge in [0.05, 0.1) is 5.56 Å². The molecule has 3 aromatic rings. The summed E-state index contributed by atoms with van der Waals surface area (Å²) in [7, 11) is 1.70. The summed E-state index contributed by atoms with van der Waals surface area (Å²) >= 11 is 0. The summed E-state index contributed by atoms with van der Waals surface area (Å²) in [6.07, 6.45) is 3.86. The van der Waals surface area contributed by atoms with Gasteiger partial charge in [-0.1, -0.05) is 30.3 Å². The number of anilines is 1. The number of methoxy groups -OCH3 is 1. The standard InChI is InChI=1S/C22H24N4O3/c1-28-13-5-12-23-14-17-8-10-19(11-9-17)26-21(27)18-15-24-22(25-16-18)29-20-6-3-2-4-7-20/h2-4,6-11,15-16,23H,5,12-14H2,1H3,(H,26,27). The van der Waals surface area contributed by atoms with Crippen molar-refractivity contribution in [2.75, 3.05) is 25.6 Å². The van der Waals surface area contributed by atoms with Gasteiger partial charge in [-0.05, 0) is 42.8 Å². The summed E-state index contributed by atoms with van der Waals surface area (Å²) in [5.74, 6) is 0.361. The molecule has 0 aliphatic rings. The van der Waals surface area contributed by atoms with Crippen molar-refractivity contribution in [2.45, 2.75) is 13.0 Å². The van der Waals surface area contributed by atoms with Crippen LogP contribution in [-0.4, -0.2) is 36.1 Å². The van der Waals surface area contributed by atoms with E-state index >= 15 is 0 Å². The van der Waals surface area contributed by atoms with Gasteiger partial charge in [0.25, 0.3) is 5.91 Å². The summed E-state index contributed by atoms with van der Waals surface area (Å²) in [5, 5.41) is 6.19. The fraction of sp³-hybridized carbons (Fsp3) is 0.227. The molecule has 2 N–H and O–H groups in total. The molecule has 1 amide bonds. The van der Waals surface area contributed by atoms with Crippen molar-refractivity contribution in [2.24, 2.45) is 0 Å². The lowest BCUT2D eigenvalue weighted by atomic mass is 10.2. The minimum Gasteiger partial charge on any atom is -0.424 e. The predicted molar refractivity (Wildman–Crippen MR) is 111 cm³/mol. The first-order valence-corrected chi connectivity index (χ1v) is 9.39. The number of carbonyl (C=O) groups is 1. The van der Waals surface area contributed by atoms with Crippen LogP contribution in [0.2, 0.25) is 0 Å². The zero-order valence-corrected chi connectivity index (χ0v) is 16.3. The van der Waals surface area contributed by atoms with Crippen LogP contribution in [0.4, 0.5) is 5.69 Å². The quantitative estimate of drug-likeness (QED) is 0.512. The third-order valence-corrected chi connectivity index (χ3v) is 4.09. The highest BCUT2D eigenvalue weighted by molar-refractivity contribution is 6.03. The first-order chi connectivity index (χ1) is 14.2. The number of nitrogens with one attached hydrogen (secondary N) is 2. The normalized spacial score (nSPS) is 10.5. The summed E-state index contributed by atoms with van der Waals surface area (Å²) < 4.78 is 10.6. The maximum atomic E-state index is 12.4. The molecule has 7 heteroatoms. The van der Waals surface area contributed by atoms with Crippen molar-refractivity contribution in [3.8, 4) is 11.8 Å². The number of aromatic nitrogens is 2. The molecule has 0 aliphatic carbocycles. The largest absolute Gasteiger partial charge is 0.424 e. The number of hydrogen-bond acceptors (Lipinski definition) is 6. The summed E-state index contributed by atoms with van der Waals surface area (Å²) in [6, 6.07) is 17.1. The van der Waals surface area contributed by atoms with E-state index in [1.807, 2.05) is 54.6 Å². The molecule has 0 aliphatic heterocycles. The van der Waals surface area contributed by atoms with Crippen LogP contribution < -0.4 is 15.4 Å². The zero-order chi connectivity index (χ0) is 20.3. The van der Waals surface area contributed by atoms with Crippen LogP contribution in [0.15, 0.2) is 67.0 Å². The first-order valence-electron chi connectivity index (χ1n) is 9.39. The number of rotatable bonds is 10. The average Bonchev–Trinajstić information content (AvgIpc) is 2.76. The van der Waals surface area contributed by atoms with E-state index in [4.69, 9.17) is 9.47 Å². The van der Waals surface area contributed by atoms with E-state index in [0.717, 1.165) is 31.7 Å². The first kappa shape index (κ1) is 20.4. The monoisotopic (exact) mass is 392 g/mol. The van der Waals surface area contributed by atoms with Crippen LogP contribution in [0.5, 0.6) is 11.8 Å². The molecule has 7 nitrogen and oxygen atoms in total. The lowest BCUT2D eigenvalue weighted by Gasteiger charge is -2.08. The molecule has 0 fully saturated rings. The molecule has 0 radical (unpaired) electrons. The number of para-hydroxylation sites is 1. The summed E-state index contributed by atoms with van der Waals surface area (Å²) in [5.41, 5.74) is 2.21. The van der Waals surface area contributed by atoms with Gasteiger partial charge in [-0.2, -0.15) is 0 Å². The highest BCUT2D eigenvalue weighted by Gasteiger charge is 2.09. The Bertz CT molecular complexity index is 884.